The van der Waals surface area contributed by atoms with E-state index in [0.29, 0.717) is 18.1 Å². The van der Waals surface area contributed by atoms with E-state index in [1.165, 1.54) is 14.2 Å². The Morgan fingerprint density at radius 1 is 0.968 bits per heavy atom. The molecule has 2 heterocycles. The highest BCUT2D eigenvalue weighted by Crippen LogP contribution is 2.56. The minimum Gasteiger partial charge on any atom is -0.502 e. The number of phenols is 1. The third kappa shape index (κ3) is 2.89. The molecule has 1 N–H and O–H groups in total. The molecule has 164 valence electrons. The van der Waals surface area contributed by atoms with Crippen molar-refractivity contribution in [3.8, 4) is 28.7 Å². The molecule has 0 aromatic heterocycles. The number of rotatable bonds is 4. The Balaban J connectivity index is 1.77. The number of hydrogen-bond acceptors (Lipinski definition) is 8. The molecule has 8 heteroatoms. The molecule has 8 nitrogen and oxygen atoms in total. The third-order valence-corrected chi connectivity index (χ3v) is 6.57. The van der Waals surface area contributed by atoms with E-state index in [9.17, 15) is 9.90 Å². The maximum absolute atomic E-state index is 13.0. The fourth-order valence-corrected chi connectivity index (χ4v) is 5.29. The minimum atomic E-state index is -0.390. The zero-order valence-corrected chi connectivity index (χ0v) is 17.9. The predicted molar refractivity (Wildman–Crippen MR) is 110 cm³/mol. The summed E-state index contributed by atoms with van der Waals surface area (Å²) in [7, 11) is 6.98. The summed E-state index contributed by atoms with van der Waals surface area (Å²) >= 11 is 0. The van der Waals surface area contributed by atoms with E-state index in [-0.39, 0.29) is 53.8 Å². The number of esters is 1. The second-order valence-corrected chi connectivity index (χ2v) is 8.31. The van der Waals surface area contributed by atoms with Gasteiger partial charge in [0.15, 0.2) is 23.0 Å². The maximum atomic E-state index is 13.0. The van der Waals surface area contributed by atoms with Gasteiger partial charge >= 0.3 is 5.97 Å². The number of cyclic esters (lactones) is 1. The summed E-state index contributed by atoms with van der Waals surface area (Å²) in [4.78, 5) is 15.1. The Hall–Kier alpha value is -3.13. The molecule has 1 aliphatic carbocycles. The lowest BCUT2D eigenvalue weighted by Gasteiger charge is -2.42. The number of ether oxygens (including phenoxy) is 5. The molecule has 4 atom stereocenters. The number of benzene rings is 2. The number of nitrogens with zero attached hydrogens (tertiary/aromatic N) is 1. The van der Waals surface area contributed by atoms with Crippen LogP contribution in [0.25, 0.3) is 0 Å². The van der Waals surface area contributed by atoms with Crippen LogP contribution in [0, 0.1) is 11.8 Å². The Labute approximate surface area is 180 Å². The second-order valence-electron chi connectivity index (χ2n) is 8.31. The van der Waals surface area contributed by atoms with Crippen LogP contribution in [0.5, 0.6) is 28.7 Å². The van der Waals surface area contributed by atoms with E-state index in [1.807, 2.05) is 26.2 Å². The first-order chi connectivity index (χ1) is 14.9. The third-order valence-electron chi connectivity index (χ3n) is 6.57. The maximum Gasteiger partial charge on any atom is 0.310 e. The number of methoxy groups -OCH3 is 2. The van der Waals surface area contributed by atoms with Crippen molar-refractivity contribution < 1.29 is 33.6 Å². The SMILES string of the molecule is COc1cc([C@@H]2c3cc4c(cc3[C@@H](N(C)C)[C@H]3COC(=O)[C@H]23)OCO4)cc(OC)c1O. The van der Waals surface area contributed by atoms with Crippen LogP contribution < -0.4 is 18.9 Å². The molecule has 0 amide bonds. The molecule has 2 aromatic rings. The van der Waals surface area contributed by atoms with Gasteiger partial charge in [0, 0.05) is 17.9 Å². The van der Waals surface area contributed by atoms with Crippen molar-refractivity contribution in [2.24, 2.45) is 11.8 Å². The first-order valence-corrected chi connectivity index (χ1v) is 10.2. The molecule has 2 aliphatic heterocycles. The molecule has 31 heavy (non-hydrogen) atoms. The van der Waals surface area contributed by atoms with Crippen molar-refractivity contribution >= 4 is 5.97 Å². The number of carbonyl (C=O) groups is 1. The highest BCUT2D eigenvalue weighted by molar-refractivity contribution is 5.79. The molecule has 5 rings (SSSR count). The van der Waals surface area contributed by atoms with E-state index in [2.05, 4.69) is 4.90 Å². The van der Waals surface area contributed by atoms with Crippen LogP contribution in [-0.4, -0.2) is 57.7 Å². The number of phenolic OH excluding ortho intramolecular Hbond substituents is 1. The first kappa shape index (κ1) is 19.8. The van der Waals surface area contributed by atoms with Gasteiger partial charge in [0.25, 0.3) is 0 Å². The quantitative estimate of drug-likeness (QED) is 0.746. The standard InChI is InChI=1S/C23H25NO7/c1-24(2)21-13-8-16-15(30-10-31-16)7-12(13)19(20-14(21)9-29-23(20)26)11-5-17(27-3)22(25)18(6-11)28-4/h5-8,14,19-21,25H,9-10H2,1-4H3/t14-,19+,20-,21+/m0/s1. The van der Waals surface area contributed by atoms with Gasteiger partial charge in [-0.3, -0.25) is 4.79 Å². The summed E-state index contributed by atoms with van der Waals surface area (Å²) in [6, 6.07) is 7.49. The van der Waals surface area contributed by atoms with Crippen molar-refractivity contribution in [1.82, 2.24) is 4.90 Å². The summed E-state index contributed by atoms with van der Waals surface area (Å²) in [5.74, 6) is 0.888. The average Bonchev–Trinajstić information content (AvgIpc) is 3.37. The van der Waals surface area contributed by atoms with E-state index in [1.54, 1.807) is 12.1 Å². The molecule has 1 saturated heterocycles. The second kappa shape index (κ2) is 7.23. The van der Waals surface area contributed by atoms with Gasteiger partial charge in [-0.2, -0.15) is 0 Å². The van der Waals surface area contributed by atoms with Crippen molar-refractivity contribution in [1.29, 1.82) is 0 Å². The zero-order chi connectivity index (χ0) is 21.9. The number of aromatic hydroxyl groups is 1. The lowest BCUT2D eigenvalue weighted by molar-refractivity contribution is -0.141. The monoisotopic (exact) mass is 427 g/mol. The largest absolute Gasteiger partial charge is 0.502 e. The van der Waals surface area contributed by atoms with E-state index < -0.39 is 0 Å². The van der Waals surface area contributed by atoms with Gasteiger partial charge in [0.1, 0.15) is 0 Å². The van der Waals surface area contributed by atoms with Crippen molar-refractivity contribution in [3.63, 3.8) is 0 Å². The van der Waals surface area contributed by atoms with Crippen molar-refractivity contribution in [3.05, 3.63) is 41.0 Å². The Kier molecular flexibility index (Phi) is 4.62. The number of hydrogen-bond donors (Lipinski definition) is 1. The average molecular weight is 427 g/mol. The molecule has 0 bridgehead atoms. The summed E-state index contributed by atoms with van der Waals surface area (Å²) in [6.45, 7) is 0.522. The summed E-state index contributed by atoms with van der Waals surface area (Å²) in [6.07, 6.45) is 0. The molecule has 0 radical (unpaired) electrons. The van der Waals surface area contributed by atoms with Crippen LogP contribution in [0.1, 0.15) is 28.7 Å². The Bertz CT molecular complexity index is 1030. The van der Waals surface area contributed by atoms with Crippen LogP contribution >= 0.6 is 0 Å². The lowest BCUT2D eigenvalue weighted by atomic mass is 9.65. The highest BCUT2D eigenvalue weighted by atomic mass is 16.7. The molecular formula is C23H25NO7. The van der Waals surface area contributed by atoms with Gasteiger partial charge in [-0.25, -0.2) is 0 Å². The topological polar surface area (TPSA) is 86.7 Å². The number of fused-ring (bicyclic) bond motifs is 3. The van der Waals surface area contributed by atoms with Gasteiger partial charge in [0.2, 0.25) is 12.5 Å². The van der Waals surface area contributed by atoms with Crippen LogP contribution in [0.4, 0.5) is 0 Å². The van der Waals surface area contributed by atoms with Crippen LogP contribution in [0.3, 0.4) is 0 Å². The Morgan fingerprint density at radius 2 is 1.58 bits per heavy atom. The Morgan fingerprint density at radius 3 is 2.16 bits per heavy atom. The predicted octanol–water partition coefficient (Wildman–Crippen LogP) is 2.68. The van der Waals surface area contributed by atoms with Gasteiger partial charge in [-0.05, 0) is 55.1 Å². The molecule has 1 fully saturated rings. The number of carbonyl (C=O) groups excluding carboxylic acids is 1. The van der Waals surface area contributed by atoms with Gasteiger partial charge < -0.3 is 33.7 Å². The molecule has 0 spiro atoms. The zero-order valence-electron chi connectivity index (χ0n) is 17.9. The van der Waals surface area contributed by atoms with Gasteiger partial charge in [-0.15, -0.1) is 0 Å². The minimum absolute atomic E-state index is 0.0156. The van der Waals surface area contributed by atoms with Crippen molar-refractivity contribution in [2.75, 3.05) is 41.7 Å². The van der Waals surface area contributed by atoms with Gasteiger partial charge in [0.05, 0.1) is 26.7 Å². The first-order valence-electron chi connectivity index (χ1n) is 10.2. The van der Waals surface area contributed by atoms with Gasteiger partial charge in [-0.1, -0.05) is 0 Å². The summed E-state index contributed by atoms with van der Waals surface area (Å²) in [5, 5.41) is 10.4. The lowest BCUT2D eigenvalue weighted by Crippen LogP contribution is -2.40. The molecule has 0 unspecified atom stereocenters. The highest BCUT2D eigenvalue weighted by Gasteiger charge is 2.53. The van der Waals surface area contributed by atoms with Crippen molar-refractivity contribution in [2.45, 2.75) is 12.0 Å². The van der Waals surface area contributed by atoms with E-state index in [4.69, 9.17) is 23.7 Å². The van der Waals surface area contributed by atoms with Crippen LogP contribution in [-0.2, 0) is 9.53 Å². The van der Waals surface area contributed by atoms with E-state index >= 15 is 0 Å². The van der Waals surface area contributed by atoms with Crippen LogP contribution in [0.2, 0.25) is 0 Å². The summed E-state index contributed by atoms with van der Waals surface area (Å²) in [5.41, 5.74) is 2.85. The van der Waals surface area contributed by atoms with E-state index in [0.717, 1.165) is 16.7 Å². The normalized spacial score (nSPS) is 25.8. The van der Waals surface area contributed by atoms with Crippen LogP contribution in [0.15, 0.2) is 24.3 Å². The summed E-state index contributed by atoms with van der Waals surface area (Å²) < 4.78 is 27.6. The molecular weight excluding hydrogens is 402 g/mol. The molecule has 3 aliphatic rings. The fraction of sp³-hybridized carbons (Fsp3) is 0.435. The molecule has 0 saturated carbocycles. The fourth-order valence-electron chi connectivity index (χ4n) is 5.29. The smallest absolute Gasteiger partial charge is 0.310 e. The molecule has 2 aromatic carbocycles.